The number of anilines is 3. The zero-order chi connectivity index (χ0) is 23.9. The zero-order valence-corrected chi connectivity index (χ0v) is 18.9. The Labute approximate surface area is 188 Å². The van der Waals surface area contributed by atoms with Crippen molar-refractivity contribution in [2.24, 2.45) is 14.1 Å². The van der Waals surface area contributed by atoms with Crippen LogP contribution in [0.25, 0.3) is 22.0 Å². The van der Waals surface area contributed by atoms with Gasteiger partial charge in [-0.15, -0.1) is 0 Å². The van der Waals surface area contributed by atoms with Crippen molar-refractivity contribution >= 4 is 38.0 Å². The molecule has 0 amide bonds. The van der Waals surface area contributed by atoms with Crippen LogP contribution >= 0.6 is 0 Å². The maximum Gasteiger partial charge on any atom is 0.278 e. The Bertz CT molecular complexity index is 1540. The molecule has 2 aromatic heterocycles. The van der Waals surface area contributed by atoms with Gasteiger partial charge in [-0.05, 0) is 37.3 Å². The lowest BCUT2D eigenvalue weighted by molar-refractivity contribution is 0.586. The van der Waals surface area contributed by atoms with Gasteiger partial charge in [-0.1, -0.05) is 0 Å². The van der Waals surface area contributed by atoms with Crippen molar-refractivity contribution in [3.05, 3.63) is 70.8 Å². The van der Waals surface area contributed by atoms with Crippen LogP contribution in [0.4, 0.5) is 25.8 Å². The number of aromatic nitrogens is 3. The lowest BCUT2D eigenvalue weighted by Crippen LogP contribution is -2.17. The molecule has 0 unspecified atom stereocenters. The smallest absolute Gasteiger partial charge is 0.278 e. The number of hydrogen-bond acceptors (Lipinski definition) is 5. The molecule has 0 aliphatic carbocycles. The Morgan fingerprint density at radius 1 is 1.00 bits per heavy atom. The van der Waals surface area contributed by atoms with Crippen LogP contribution in [0.3, 0.4) is 0 Å². The summed E-state index contributed by atoms with van der Waals surface area (Å²) in [5, 5.41) is 7.73. The Balaban J connectivity index is 1.95. The molecule has 0 aliphatic heterocycles. The van der Waals surface area contributed by atoms with Crippen molar-refractivity contribution in [2.75, 3.05) is 15.8 Å². The van der Waals surface area contributed by atoms with E-state index in [1.807, 2.05) is 0 Å². The van der Waals surface area contributed by atoms with Crippen LogP contribution in [0.15, 0.2) is 53.6 Å². The van der Waals surface area contributed by atoms with E-state index in [-0.39, 0.29) is 22.5 Å². The van der Waals surface area contributed by atoms with E-state index < -0.39 is 21.7 Å². The normalized spacial score (nSPS) is 11.7. The third-order valence-corrected chi connectivity index (χ3v) is 6.44. The highest BCUT2D eigenvalue weighted by molar-refractivity contribution is 7.92. The molecular weight excluding hydrogens is 452 g/mol. The summed E-state index contributed by atoms with van der Waals surface area (Å²) in [7, 11) is -0.289. The molecule has 0 fully saturated rings. The minimum Gasteiger partial charge on any atom is -0.353 e. The standard InChI is InChI=1S/C22H21F2N5O3S/c1-4-33(31,32)27-14-6-8-19(25-20-7-5-13(23)9-18(20)24)15(10-14)16-11-28(2)22(30)21-17(16)12-29(3)26-21/h5-12,25,27H,4H2,1-3H3. The largest absolute Gasteiger partial charge is 0.353 e. The second-order valence-corrected chi connectivity index (χ2v) is 9.55. The lowest BCUT2D eigenvalue weighted by Gasteiger charge is -2.16. The van der Waals surface area contributed by atoms with Crippen molar-refractivity contribution in [1.82, 2.24) is 14.3 Å². The van der Waals surface area contributed by atoms with Gasteiger partial charge in [0.2, 0.25) is 10.0 Å². The molecule has 0 atom stereocenters. The first kappa shape index (κ1) is 22.5. The van der Waals surface area contributed by atoms with Gasteiger partial charge in [-0.3, -0.25) is 14.2 Å². The van der Waals surface area contributed by atoms with Crippen LogP contribution in [0.1, 0.15) is 6.92 Å². The van der Waals surface area contributed by atoms with Crippen molar-refractivity contribution in [1.29, 1.82) is 0 Å². The summed E-state index contributed by atoms with van der Waals surface area (Å²) in [6.07, 6.45) is 3.28. The molecule has 172 valence electrons. The number of rotatable bonds is 6. The Morgan fingerprint density at radius 3 is 2.42 bits per heavy atom. The Morgan fingerprint density at radius 2 is 1.73 bits per heavy atom. The molecule has 0 saturated heterocycles. The van der Waals surface area contributed by atoms with Crippen molar-refractivity contribution in [3.63, 3.8) is 0 Å². The zero-order valence-electron chi connectivity index (χ0n) is 18.1. The van der Waals surface area contributed by atoms with Gasteiger partial charge in [-0.2, -0.15) is 5.10 Å². The van der Waals surface area contributed by atoms with Crippen LogP contribution in [0, 0.1) is 11.6 Å². The van der Waals surface area contributed by atoms with Gasteiger partial charge < -0.3 is 9.88 Å². The molecule has 8 nitrogen and oxygen atoms in total. The van der Waals surface area contributed by atoms with Crippen LogP contribution in [-0.2, 0) is 24.1 Å². The highest BCUT2D eigenvalue weighted by atomic mass is 32.2. The molecular formula is C22H21F2N5O3S. The van der Waals surface area contributed by atoms with Gasteiger partial charge in [0.15, 0.2) is 5.52 Å². The fourth-order valence-electron chi connectivity index (χ4n) is 3.47. The molecule has 0 bridgehead atoms. The van der Waals surface area contributed by atoms with Crippen LogP contribution in [0.2, 0.25) is 0 Å². The van der Waals surface area contributed by atoms with Gasteiger partial charge in [0.05, 0.1) is 11.4 Å². The summed E-state index contributed by atoms with van der Waals surface area (Å²) in [5.74, 6) is -1.61. The summed E-state index contributed by atoms with van der Waals surface area (Å²) >= 11 is 0. The minimum absolute atomic E-state index is 0.0341. The average Bonchev–Trinajstić information content (AvgIpc) is 3.15. The van der Waals surface area contributed by atoms with E-state index >= 15 is 0 Å². The van der Waals surface area contributed by atoms with E-state index in [0.717, 1.165) is 12.1 Å². The number of nitrogens with one attached hydrogen (secondary N) is 2. The molecule has 11 heteroatoms. The van der Waals surface area contributed by atoms with E-state index in [4.69, 9.17) is 0 Å². The molecule has 0 aliphatic rings. The number of pyridine rings is 1. The van der Waals surface area contributed by atoms with Crippen LogP contribution < -0.4 is 15.6 Å². The summed E-state index contributed by atoms with van der Waals surface area (Å²) in [6, 6.07) is 7.85. The number of sulfonamides is 1. The third kappa shape index (κ3) is 4.44. The predicted octanol–water partition coefficient (Wildman–Crippen LogP) is 3.72. The number of nitrogens with zero attached hydrogens (tertiary/aromatic N) is 3. The van der Waals surface area contributed by atoms with E-state index in [2.05, 4.69) is 15.1 Å². The SMILES string of the molecule is CCS(=O)(=O)Nc1ccc(Nc2ccc(F)cc2F)c(-c2cn(C)c(=O)c3nn(C)cc23)c1. The third-order valence-electron chi connectivity index (χ3n) is 5.13. The van der Waals surface area contributed by atoms with Gasteiger partial charge in [0, 0.05) is 60.4 Å². The number of aryl methyl sites for hydroxylation is 2. The second-order valence-electron chi connectivity index (χ2n) is 7.54. The quantitative estimate of drug-likeness (QED) is 0.445. The van der Waals surface area contributed by atoms with E-state index in [9.17, 15) is 22.0 Å². The van der Waals surface area contributed by atoms with E-state index in [1.54, 1.807) is 38.6 Å². The van der Waals surface area contributed by atoms with Crippen molar-refractivity contribution < 1.29 is 17.2 Å². The number of halogens is 2. The highest BCUT2D eigenvalue weighted by Gasteiger charge is 2.18. The molecule has 4 aromatic rings. The predicted molar refractivity (Wildman–Crippen MR) is 124 cm³/mol. The van der Waals surface area contributed by atoms with E-state index in [1.165, 1.54) is 28.3 Å². The summed E-state index contributed by atoms with van der Waals surface area (Å²) in [5.41, 5.74) is 1.75. The Hall–Kier alpha value is -3.73. The fourth-order valence-corrected chi connectivity index (χ4v) is 4.10. The molecule has 0 radical (unpaired) electrons. The highest BCUT2D eigenvalue weighted by Crippen LogP contribution is 2.36. The summed E-state index contributed by atoms with van der Waals surface area (Å²) in [4.78, 5) is 12.6. The Kier molecular flexibility index (Phi) is 5.66. The summed E-state index contributed by atoms with van der Waals surface area (Å²) < 4.78 is 57.3. The lowest BCUT2D eigenvalue weighted by atomic mass is 10.0. The average molecular weight is 474 g/mol. The molecule has 2 heterocycles. The van der Waals surface area contributed by atoms with Gasteiger partial charge >= 0.3 is 0 Å². The fraction of sp³-hybridized carbons (Fsp3) is 0.182. The van der Waals surface area contributed by atoms with Crippen LogP contribution in [0.5, 0.6) is 0 Å². The molecule has 0 spiro atoms. The first-order chi connectivity index (χ1) is 15.6. The molecule has 2 aromatic carbocycles. The van der Waals surface area contributed by atoms with E-state index in [0.29, 0.717) is 27.9 Å². The number of hydrogen-bond donors (Lipinski definition) is 2. The molecule has 4 rings (SSSR count). The maximum absolute atomic E-state index is 14.3. The maximum atomic E-state index is 14.3. The monoisotopic (exact) mass is 473 g/mol. The topological polar surface area (TPSA) is 98.0 Å². The van der Waals surface area contributed by atoms with Gasteiger partial charge in [0.1, 0.15) is 11.6 Å². The molecule has 0 saturated carbocycles. The first-order valence-electron chi connectivity index (χ1n) is 9.98. The number of benzene rings is 2. The molecule has 33 heavy (non-hydrogen) atoms. The number of fused-ring (bicyclic) bond motifs is 1. The van der Waals surface area contributed by atoms with Crippen molar-refractivity contribution in [3.8, 4) is 11.1 Å². The first-order valence-corrected chi connectivity index (χ1v) is 11.6. The second kappa shape index (κ2) is 8.32. The van der Waals surface area contributed by atoms with Gasteiger partial charge in [-0.25, -0.2) is 17.2 Å². The van der Waals surface area contributed by atoms with Crippen LogP contribution in [-0.4, -0.2) is 28.5 Å². The minimum atomic E-state index is -3.55. The van der Waals surface area contributed by atoms with Gasteiger partial charge in [0.25, 0.3) is 5.56 Å². The van der Waals surface area contributed by atoms with Crippen molar-refractivity contribution in [2.45, 2.75) is 6.92 Å². The summed E-state index contributed by atoms with van der Waals surface area (Å²) in [6.45, 7) is 1.52. The molecule has 2 N–H and O–H groups in total.